The first-order chi connectivity index (χ1) is 11.2. The first-order valence-corrected chi connectivity index (χ1v) is 8.75. The highest BCUT2D eigenvalue weighted by molar-refractivity contribution is 7.12. The van der Waals surface area contributed by atoms with E-state index in [9.17, 15) is 4.79 Å². The molecule has 4 nitrogen and oxygen atoms in total. The number of thiophene rings is 1. The average molecular weight is 330 g/mol. The topological polar surface area (TPSA) is 32.8 Å². The molecule has 2 aromatic rings. The summed E-state index contributed by atoms with van der Waals surface area (Å²) in [7, 11) is 1.87. The number of benzene rings is 1. The van der Waals surface area contributed by atoms with E-state index in [0.29, 0.717) is 6.54 Å². The molecular weight excluding hydrogens is 308 g/mol. The molecule has 0 radical (unpaired) electrons. The second kappa shape index (κ2) is 7.15. The molecule has 0 atom stereocenters. The normalized spacial score (nSPS) is 14.8. The van der Waals surface area contributed by atoms with Crippen molar-refractivity contribution in [1.29, 1.82) is 0 Å². The maximum absolute atomic E-state index is 12.6. The molecule has 1 aliphatic heterocycles. The van der Waals surface area contributed by atoms with Gasteiger partial charge in [0, 0.05) is 32.4 Å². The van der Waals surface area contributed by atoms with Gasteiger partial charge in [0.05, 0.1) is 18.1 Å². The van der Waals surface area contributed by atoms with Crippen LogP contribution < -0.4 is 4.90 Å². The summed E-state index contributed by atoms with van der Waals surface area (Å²) in [5.41, 5.74) is 3.44. The van der Waals surface area contributed by atoms with Crippen LogP contribution in [-0.2, 0) is 11.3 Å². The summed E-state index contributed by atoms with van der Waals surface area (Å²) in [5.74, 6) is 0.0919. The van der Waals surface area contributed by atoms with Gasteiger partial charge < -0.3 is 14.5 Å². The van der Waals surface area contributed by atoms with Crippen LogP contribution in [0.4, 0.5) is 5.69 Å². The van der Waals surface area contributed by atoms with Gasteiger partial charge in [-0.3, -0.25) is 4.79 Å². The van der Waals surface area contributed by atoms with E-state index in [-0.39, 0.29) is 5.91 Å². The summed E-state index contributed by atoms with van der Waals surface area (Å²) >= 11 is 1.51. The molecule has 1 amide bonds. The van der Waals surface area contributed by atoms with Gasteiger partial charge in [0.15, 0.2) is 0 Å². The molecule has 5 heteroatoms. The summed E-state index contributed by atoms with van der Waals surface area (Å²) in [6.45, 7) is 5.93. The summed E-state index contributed by atoms with van der Waals surface area (Å²) in [5, 5.41) is 1.97. The predicted molar refractivity (Wildman–Crippen MR) is 94.3 cm³/mol. The number of carbonyl (C=O) groups excluding carboxylic acids is 1. The number of nitrogens with zero attached hydrogens (tertiary/aromatic N) is 2. The molecule has 1 fully saturated rings. The standard InChI is InChI=1S/C18H22N2O2S/c1-14-7-12-23-17(14)18(21)19(2)13-15-5-3-4-6-16(15)20-8-10-22-11-9-20/h3-7,12H,8-11,13H2,1-2H3. The van der Waals surface area contributed by atoms with E-state index in [0.717, 1.165) is 36.7 Å². The molecule has 0 unspecified atom stereocenters. The minimum Gasteiger partial charge on any atom is -0.378 e. The summed E-state index contributed by atoms with van der Waals surface area (Å²) in [6.07, 6.45) is 0. The van der Waals surface area contributed by atoms with Crippen molar-refractivity contribution in [3.63, 3.8) is 0 Å². The second-order valence-corrected chi connectivity index (χ2v) is 6.74. The zero-order valence-electron chi connectivity index (χ0n) is 13.6. The van der Waals surface area contributed by atoms with Crippen LogP contribution in [0.2, 0.25) is 0 Å². The molecule has 1 aliphatic rings. The lowest BCUT2D eigenvalue weighted by atomic mass is 10.1. The Morgan fingerprint density at radius 1 is 1.26 bits per heavy atom. The van der Waals surface area contributed by atoms with E-state index < -0.39 is 0 Å². The Morgan fingerprint density at radius 2 is 2.00 bits per heavy atom. The number of ether oxygens (including phenoxy) is 1. The SMILES string of the molecule is Cc1ccsc1C(=O)N(C)Cc1ccccc1N1CCOCC1. The van der Waals surface area contributed by atoms with Crippen LogP contribution in [0.1, 0.15) is 20.8 Å². The number of morpholine rings is 1. The highest BCUT2D eigenvalue weighted by Gasteiger charge is 2.19. The number of hydrogen-bond acceptors (Lipinski definition) is 4. The number of aryl methyl sites for hydroxylation is 1. The molecule has 23 heavy (non-hydrogen) atoms. The molecule has 0 N–H and O–H groups in total. The second-order valence-electron chi connectivity index (χ2n) is 5.82. The molecule has 1 saturated heterocycles. The Morgan fingerprint density at radius 3 is 2.70 bits per heavy atom. The van der Waals surface area contributed by atoms with Crippen LogP contribution in [0.15, 0.2) is 35.7 Å². The van der Waals surface area contributed by atoms with Gasteiger partial charge in [-0.1, -0.05) is 18.2 Å². The first-order valence-electron chi connectivity index (χ1n) is 7.87. The summed E-state index contributed by atoms with van der Waals surface area (Å²) in [4.78, 5) is 17.6. The third-order valence-corrected chi connectivity index (χ3v) is 5.16. The van der Waals surface area contributed by atoms with Crippen molar-refractivity contribution in [2.45, 2.75) is 13.5 Å². The zero-order valence-corrected chi connectivity index (χ0v) is 14.4. The van der Waals surface area contributed by atoms with Gasteiger partial charge in [0.2, 0.25) is 0 Å². The Bertz CT molecular complexity index is 677. The highest BCUT2D eigenvalue weighted by Crippen LogP contribution is 2.24. The molecule has 3 rings (SSSR count). The Labute approximate surface area is 141 Å². The van der Waals surface area contributed by atoms with E-state index in [1.165, 1.54) is 22.6 Å². The van der Waals surface area contributed by atoms with E-state index in [2.05, 4.69) is 23.1 Å². The van der Waals surface area contributed by atoms with E-state index >= 15 is 0 Å². The zero-order chi connectivity index (χ0) is 16.2. The van der Waals surface area contributed by atoms with Gasteiger partial charge in [0.1, 0.15) is 0 Å². The highest BCUT2D eigenvalue weighted by atomic mass is 32.1. The summed E-state index contributed by atoms with van der Waals surface area (Å²) < 4.78 is 5.44. The molecule has 0 bridgehead atoms. The van der Waals surface area contributed by atoms with Crippen molar-refractivity contribution in [1.82, 2.24) is 4.90 Å². The maximum atomic E-state index is 12.6. The largest absolute Gasteiger partial charge is 0.378 e. The Kier molecular flexibility index (Phi) is 4.98. The smallest absolute Gasteiger partial charge is 0.264 e. The van der Waals surface area contributed by atoms with Crippen molar-refractivity contribution in [2.75, 3.05) is 38.3 Å². The lowest BCUT2D eigenvalue weighted by Gasteiger charge is -2.31. The quantitative estimate of drug-likeness (QED) is 0.863. The van der Waals surface area contributed by atoms with Crippen molar-refractivity contribution in [3.05, 3.63) is 51.7 Å². The molecule has 0 spiro atoms. The Balaban J connectivity index is 1.77. The number of anilines is 1. The Hall–Kier alpha value is -1.85. The molecule has 0 aliphatic carbocycles. The number of amides is 1. The van der Waals surface area contributed by atoms with Crippen molar-refractivity contribution in [3.8, 4) is 0 Å². The van der Waals surface area contributed by atoms with Crippen LogP contribution >= 0.6 is 11.3 Å². The van der Waals surface area contributed by atoms with Crippen LogP contribution in [-0.4, -0.2) is 44.2 Å². The van der Waals surface area contributed by atoms with Crippen LogP contribution in [0.3, 0.4) is 0 Å². The van der Waals surface area contributed by atoms with Gasteiger partial charge in [0.25, 0.3) is 5.91 Å². The fourth-order valence-corrected chi connectivity index (χ4v) is 3.77. The first kappa shape index (κ1) is 16.0. The van der Waals surface area contributed by atoms with E-state index in [4.69, 9.17) is 4.74 Å². The average Bonchev–Trinajstić information content (AvgIpc) is 3.01. The fraction of sp³-hybridized carbons (Fsp3) is 0.389. The lowest BCUT2D eigenvalue weighted by molar-refractivity contribution is 0.0789. The molecule has 0 saturated carbocycles. The van der Waals surface area contributed by atoms with Gasteiger partial charge in [-0.2, -0.15) is 0 Å². The third kappa shape index (κ3) is 3.57. The van der Waals surface area contributed by atoms with Crippen LogP contribution in [0.25, 0.3) is 0 Å². The van der Waals surface area contributed by atoms with E-state index in [1.54, 1.807) is 4.90 Å². The molecule has 2 heterocycles. The fourth-order valence-electron chi connectivity index (χ4n) is 2.85. The molecule has 1 aromatic carbocycles. The number of carbonyl (C=O) groups is 1. The van der Waals surface area contributed by atoms with Crippen LogP contribution in [0.5, 0.6) is 0 Å². The number of para-hydroxylation sites is 1. The van der Waals surface area contributed by atoms with Crippen molar-refractivity contribution >= 4 is 22.9 Å². The molecular formula is C18H22N2O2S. The minimum absolute atomic E-state index is 0.0919. The van der Waals surface area contributed by atoms with Gasteiger partial charge in [-0.15, -0.1) is 11.3 Å². The van der Waals surface area contributed by atoms with Crippen molar-refractivity contribution in [2.24, 2.45) is 0 Å². The van der Waals surface area contributed by atoms with Crippen molar-refractivity contribution < 1.29 is 9.53 Å². The number of hydrogen-bond donors (Lipinski definition) is 0. The molecule has 1 aromatic heterocycles. The van der Waals surface area contributed by atoms with Gasteiger partial charge in [-0.05, 0) is 35.6 Å². The van der Waals surface area contributed by atoms with Crippen LogP contribution in [0, 0.1) is 6.92 Å². The van der Waals surface area contributed by atoms with E-state index in [1.807, 2.05) is 31.5 Å². The monoisotopic (exact) mass is 330 g/mol. The molecule has 122 valence electrons. The summed E-state index contributed by atoms with van der Waals surface area (Å²) in [6, 6.07) is 10.3. The van der Waals surface area contributed by atoms with Gasteiger partial charge >= 0.3 is 0 Å². The third-order valence-electron chi connectivity index (χ3n) is 4.15. The predicted octanol–water partition coefficient (Wildman–Crippen LogP) is 3.17. The minimum atomic E-state index is 0.0919. The lowest BCUT2D eigenvalue weighted by Crippen LogP contribution is -2.37. The number of rotatable bonds is 4. The van der Waals surface area contributed by atoms with Gasteiger partial charge in [-0.25, -0.2) is 0 Å². The maximum Gasteiger partial charge on any atom is 0.264 e.